The fourth-order valence-corrected chi connectivity index (χ4v) is 10.9. The minimum Gasteiger partial charge on any atom is -0.310 e. The molecule has 0 N–H and O–H groups in total. The standard InChI is InChI=1S/C59H41N3/c1-59(2)52-34-39-18-4-3-17-38(39)33-50(52)51-37-57(48-27-5-6-28-49(48)58(51)59)60(40-19-15-21-42(35-40)61-53-29-11-7-23-44(53)45-24-8-12-30-54(45)61)41-20-16-22-43(36-41)62-55-31-13-9-25-46(55)47-26-10-14-32-56(47)62/h3-37H,1-2H3. The molecule has 0 aliphatic heterocycles. The Morgan fingerprint density at radius 2 is 0.774 bits per heavy atom. The first-order valence-electron chi connectivity index (χ1n) is 21.6. The molecule has 0 saturated carbocycles. The number of fused-ring (bicyclic) bond motifs is 12. The predicted molar refractivity (Wildman–Crippen MR) is 262 cm³/mol. The van der Waals surface area contributed by atoms with Crippen LogP contribution in [0.1, 0.15) is 25.0 Å². The van der Waals surface area contributed by atoms with Crippen molar-refractivity contribution in [3.05, 3.63) is 223 Å². The highest BCUT2D eigenvalue weighted by Crippen LogP contribution is 2.55. The van der Waals surface area contributed by atoms with Crippen molar-refractivity contribution in [2.24, 2.45) is 0 Å². The van der Waals surface area contributed by atoms with Crippen molar-refractivity contribution >= 4 is 82.2 Å². The predicted octanol–water partition coefficient (Wildman–Crippen LogP) is 16.0. The van der Waals surface area contributed by atoms with Crippen LogP contribution in [0.4, 0.5) is 17.1 Å². The lowest BCUT2D eigenvalue weighted by molar-refractivity contribution is 0.667. The monoisotopic (exact) mass is 791 g/mol. The molecule has 0 atom stereocenters. The summed E-state index contributed by atoms with van der Waals surface area (Å²) >= 11 is 0. The number of para-hydroxylation sites is 4. The van der Waals surface area contributed by atoms with E-state index in [0.717, 1.165) is 28.4 Å². The van der Waals surface area contributed by atoms with Crippen LogP contribution in [0.2, 0.25) is 0 Å². The van der Waals surface area contributed by atoms with Gasteiger partial charge in [-0.15, -0.1) is 0 Å². The first kappa shape index (κ1) is 34.9. The third-order valence-corrected chi connectivity index (χ3v) is 13.6. The summed E-state index contributed by atoms with van der Waals surface area (Å²) in [7, 11) is 0. The molecule has 2 heterocycles. The van der Waals surface area contributed by atoms with Crippen molar-refractivity contribution in [1.29, 1.82) is 0 Å². The zero-order valence-corrected chi connectivity index (χ0v) is 34.5. The van der Waals surface area contributed by atoms with Crippen LogP contribution < -0.4 is 4.90 Å². The summed E-state index contributed by atoms with van der Waals surface area (Å²) in [4.78, 5) is 2.50. The molecule has 0 amide bonds. The third kappa shape index (κ3) is 4.94. The molecule has 1 aliphatic carbocycles. The molecule has 12 aromatic rings. The van der Waals surface area contributed by atoms with Crippen LogP contribution in [-0.4, -0.2) is 9.13 Å². The average molecular weight is 792 g/mol. The minimum absolute atomic E-state index is 0.190. The van der Waals surface area contributed by atoms with Gasteiger partial charge in [0.05, 0.1) is 27.8 Å². The Labute approximate surface area is 359 Å². The van der Waals surface area contributed by atoms with E-state index >= 15 is 0 Å². The van der Waals surface area contributed by atoms with Gasteiger partial charge in [-0.25, -0.2) is 0 Å². The molecular weight excluding hydrogens is 751 g/mol. The minimum atomic E-state index is -0.190. The number of hydrogen-bond donors (Lipinski definition) is 0. The molecule has 0 unspecified atom stereocenters. The van der Waals surface area contributed by atoms with E-state index in [4.69, 9.17) is 0 Å². The summed E-state index contributed by atoms with van der Waals surface area (Å²) < 4.78 is 4.84. The Morgan fingerprint density at radius 3 is 1.27 bits per heavy atom. The van der Waals surface area contributed by atoms with Gasteiger partial charge in [-0.2, -0.15) is 0 Å². The number of rotatable bonds is 5. The molecule has 292 valence electrons. The zero-order valence-electron chi connectivity index (χ0n) is 34.5. The molecule has 0 saturated heterocycles. The molecule has 13 rings (SSSR count). The highest BCUT2D eigenvalue weighted by molar-refractivity contribution is 6.12. The second-order valence-corrected chi connectivity index (χ2v) is 17.3. The highest BCUT2D eigenvalue weighted by atomic mass is 15.2. The van der Waals surface area contributed by atoms with Gasteiger partial charge in [0.1, 0.15) is 0 Å². The summed E-state index contributed by atoms with van der Waals surface area (Å²) in [5.74, 6) is 0. The number of benzene rings is 10. The Bertz CT molecular complexity index is 3540. The van der Waals surface area contributed by atoms with Crippen molar-refractivity contribution in [1.82, 2.24) is 9.13 Å². The van der Waals surface area contributed by atoms with Gasteiger partial charge in [0.2, 0.25) is 0 Å². The quantitative estimate of drug-likeness (QED) is 0.169. The van der Waals surface area contributed by atoms with E-state index < -0.39 is 0 Å². The van der Waals surface area contributed by atoms with Crippen LogP contribution in [0.25, 0.3) is 87.7 Å². The van der Waals surface area contributed by atoms with Crippen LogP contribution >= 0.6 is 0 Å². The van der Waals surface area contributed by atoms with Crippen molar-refractivity contribution < 1.29 is 0 Å². The molecule has 3 nitrogen and oxygen atoms in total. The number of hydrogen-bond acceptors (Lipinski definition) is 1. The molecule has 1 aliphatic rings. The van der Waals surface area contributed by atoms with Crippen LogP contribution in [0, 0.1) is 0 Å². The summed E-state index contributed by atoms with van der Waals surface area (Å²) in [5.41, 5.74) is 15.5. The van der Waals surface area contributed by atoms with Gasteiger partial charge in [0.25, 0.3) is 0 Å². The van der Waals surface area contributed by atoms with Crippen LogP contribution in [0.15, 0.2) is 212 Å². The Kier molecular flexibility index (Phi) is 7.36. The SMILES string of the molecule is CC1(C)c2cc3ccccc3cc2-c2cc(N(c3cccc(-n4c5ccccc5c5ccccc54)c3)c3cccc(-n4c5ccccc5c5ccccc54)c3)c3ccccc3c21. The van der Waals surface area contributed by atoms with E-state index in [1.807, 2.05) is 0 Å². The van der Waals surface area contributed by atoms with Crippen molar-refractivity contribution in [2.75, 3.05) is 4.90 Å². The van der Waals surface area contributed by atoms with Gasteiger partial charge >= 0.3 is 0 Å². The molecule has 0 bridgehead atoms. The van der Waals surface area contributed by atoms with Crippen molar-refractivity contribution in [3.63, 3.8) is 0 Å². The van der Waals surface area contributed by atoms with Crippen molar-refractivity contribution in [2.45, 2.75) is 19.3 Å². The summed E-state index contributed by atoms with van der Waals surface area (Å²) in [6.07, 6.45) is 0. The van der Waals surface area contributed by atoms with Gasteiger partial charge < -0.3 is 14.0 Å². The first-order chi connectivity index (χ1) is 30.5. The zero-order chi connectivity index (χ0) is 41.1. The molecule has 0 spiro atoms. The van der Waals surface area contributed by atoms with Crippen LogP contribution in [0.5, 0.6) is 0 Å². The second kappa shape index (κ2) is 13.1. The second-order valence-electron chi connectivity index (χ2n) is 17.3. The molecular formula is C59H41N3. The van der Waals surface area contributed by atoms with Crippen LogP contribution in [0.3, 0.4) is 0 Å². The van der Waals surface area contributed by atoms with Gasteiger partial charge in [-0.3, -0.25) is 0 Å². The topological polar surface area (TPSA) is 13.1 Å². The summed E-state index contributed by atoms with van der Waals surface area (Å²) in [6.45, 7) is 4.81. The van der Waals surface area contributed by atoms with E-state index in [9.17, 15) is 0 Å². The average Bonchev–Trinajstić information content (AvgIpc) is 3.91. The molecule has 0 fully saturated rings. The summed E-state index contributed by atoms with van der Waals surface area (Å²) in [5, 5.41) is 10.1. The molecule has 3 heteroatoms. The highest BCUT2D eigenvalue weighted by Gasteiger charge is 2.38. The fourth-order valence-electron chi connectivity index (χ4n) is 10.9. The number of aromatic nitrogens is 2. The molecule has 0 radical (unpaired) electrons. The Hall–Kier alpha value is -7.88. The molecule has 2 aromatic heterocycles. The number of anilines is 3. The lowest BCUT2D eigenvalue weighted by Crippen LogP contribution is -2.16. The van der Waals surface area contributed by atoms with Gasteiger partial charge in [0, 0.05) is 55.1 Å². The van der Waals surface area contributed by atoms with Gasteiger partial charge in [-0.05, 0) is 117 Å². The first-order valence-corrected chi connectivity index (χ1v) is 21.6. The lowest BCUT2D eigenvalue weighted by atomic mass is 9.79. The maximum absolute atomic E-state index is 2.50. The maximum atomic E-state index is 2.50. The maximum Gasteiger partial charge on any atom is 0.0546 e. The smallest absolute Gasteiger partial charge is 0.0546 e. The Balaban J connectivity index is 1.10. The van der Waals surface area contributed by atoms with E-state index in [2.05, 4.69) is 240 Å². The Morgan fingerprint density at radius 1 is 0.355 bits per heavy atom. The van der Waals surface area contributed by atoms with Crippen LogP contribution in [-0.2, 0) is 5.41 Å². The van der Waals surface area contributed by atoms with E-state index in [1.165, 1.54) is 87.4 Å². The van der Waals surface area contributed by atoms with E-state index in [-0.39, 0.29) is 5.41 Å². The fraction of sp³-hybridized carbons (Fsp3) is 0.0508. The van der Waals surface area contributed by atoms with E-state index in [1.54, 1.807) is 0 Å². The normalized spacial score (nSPS) is 13.1. The lowest BCUT2D eigenvalue weighted by Gasteiger charge is -2.30. The molecule has 62 heavy (non-hydrogen) atoms. The van der Waals surface area contributed by atoms with Gasteiger partial charge in [-0.1, -0.05) is 147 Å². The van der Waals surface area contributed by atoms with Crippen molar-refractivity contribution in [3.8, 4) is 22.5 Å². The third-order valence-electron chi connectivity index (χ3n) is 13.6. The van der Waals surface area contributed by atoms with E-state index in [0.29, 0.717) is 0 Å². The molecule has 10 aromatic carbocycles. The largest absolute Gasteiger partial charge is 0.310 e. The van der Waals surface area contributed by atoms with Gasteiger partial charge in [0.15, 0.2) is 0 Å². The number of nitrogens with zero attached hydrogens (tertiary/aromatic N) is 3. The summed E-state index contributed by atoms with van der Waals surface area (Å²) in [6, 6.07) is 78.5.